The molecule has 3 aliphatic heterocycles. The van der Waals surface area contributed by atoms with Crippen LogP contribution in [0.2, 0.25) is 0 Å². The van der Waals surface area contributed by atoms with Gasteiger partial charge in [-0.25, -0.2) is 4.39 Å². The number of hydrogen-bond acceptors (Lipinski definition) is 9. The van der Waals surface area contributed by atoms with Gasteiger partial charge in [0.15, 0.2) is 0 Å². The van der Waals surface area contributed by atoms with E-state index in [1.165, 1.54) is 23.3 Å². The molecule has 12 nitrogen and oxygen atoms in total. The number of anilines is 1. The molecule has 0 radical (unpaired) electrons. The minimum atomic E-state index is -0.766. The fourth-order valence-corrected chi connectivity index (χ4v) is 7.98. The van der Waals surface area contributed by atoms with Crippen LogP contribution in [0, 0.1) is 5.82 Å². The number of fused-ring (bicyclic) bond motifs is 1. The van der Waals surface area contributed by atoms with Crippen LogP contribution >= 0.6 is 0 Å². The highest BCUT2D eigenvalue weighted by molar-refractivity contribution is 5.97. The summed E-state index contributed by atoms with van der Waals surface area (Å²) in [5.74, 6) is 0.997. The molecule has 4 aromatic rings. The summed E-state index contributed by atoms with van der Waals surface area (Å²) in [6.07, 6.45) is 4.00. The molecule has 286 valence electrons. The van der Waals surface area contributed by atoms with Crippen molar-refractivity contribution in [2.24, 2.45) is 7.05 Å². The number of likely N-dealkylation sites (tertiary alicyclic amines) is 1. The zero-order chi connectivity index (χ0) is 37.9. The lowest BCUT2D eigenvalue weighted by Gasteiger charge is -2.37. The number of aliphatic hydroxyl groups is 1. The fraction of sp³-hybridized carbons (Fsp3) is 0.439. The molecule has 0 aliphatic carbocycles. The molecule has 3 fully saturated rings. The summed E-state index contributed by atoms with van der Waals surface area (Å²) < 4.78 is 28.5. The molecule has 2 amide bonds. The van der Waals surface area contributed by atoms with Crippen LogP contribution < -0.4 is 25.7 Å². The third-order valence-electron chi connectivity index (χ3n) is 11.2. The largest absolute Gasteiger partial charge is 0.497 e. The molecule has 0 bridgehead atoms. The molecule has 3 aromatic carbocycles. The van der Waals surface area contributed by atoms with E-state index < -0.39 is 12.0 Å². The van der Waals surface area contributed by atoms with Gasteiger partial charge in [-0.2, -0.15) is 0 Å². The van der Waals surface area contributed by atoms with E-state index in [9.17, 15) is 19.5 Å². The first-order valence-corrected chi connectivity index (χ1v) is 18.7. The maximum atomic E-state index is 15.9. The Labute approximate surface area is 314 Å². The number of amides is 2. The smallest absolute Gasteiger partial charge is 0.258 e. The predicted octanol–water partition coefficient (Wildman–Crippen LogP) is 3.89. The van der Waals surface area contributed by atoms with Gasteiger partial charge in [0.05, 0.1) is 20.8 Å². The van der Waals surface area contributed by atoms with Crippen LogP contribution in [0.25, 0.3) is 21.9 Å². The maximum Gasteiger partial charge on any atom is 0.258 e. The van der Waals surface area contributed by atoms with Crippen molar-refractivity contribution < 1.29 is 28.6 Å². The van der Waals surface area contributed by atoms with Crippen LogP contribution in [0.15, 0.2) is 65.6 Å². The zero-order valence-corrected chi connectivity index (χ0v) is 31.1. The van der Waals surface area contributed by atoms with E-state index in [-0.39, 0.29) is 23.4 Å². The standard InChI is InChI=1S/C41H49FN6O6/c1-45-23-33(32-22-30(53-2)8-9-31(32)41(45)52)28-20-35(42)34(37(21-28)54-3)24-47-16-18-48(19-17-47)39(50)25-46-14-12-27(13-15-46)26-4-6-29(7-5-26)43-36-10-11-38(49)44-40(36)51/h4-9,20-23,27,36,38,43,49H,10-19,24-25H2,1-3H3,(H,44,51). The van der Waals surface area contributed by atoms with Crippen molar-refractivity contribution in [1.82, 2.24) is 24.6 Å². The first kappa shape index (κ1) is 37.3. The van der Waals surface area contributed by atoms with Crippen molar-refractivity contribution in [1.29, 1.82) is 0 Å². The van der Waals surface area contributed by atoms with Crippen LogP contribution in [-0.4, -0.2) is 108 Å². The molecule has 4 heterocycles. The van der Waals surface area contributed by atoms with Gasteiger partial charge in [0.2, 0.25) is 11.8 Å². The number of hydrogen-bond donors (Lipinski definition) is 3. The number of piperazine rings is 1. The van der Waals surface area contributed by atoms with Crippen molar-refractivity contribution in [2.45, 2.75) is 50.4 Å². The number of nitrogens with one attached hydrogen (secondary N) is 2. The summed E-state index contributed by atoms with van der Waals surface area (Å²) in [5, 5.41) is 16.7. The molecule has 0 saturated carbocycles. The van der Waals surface area contributed by atoms with Gasteiger partial charge >= 0.3 is 0 Å². The minimum Gasteiger partial charge on any atom is -0.497 e. The van der Waals surface area contributed by atoms with Gasteiger partial charge in [0.1, 0.15) is 29.6 Å². The van der Waals surface area contributed by atoms with Crippen LogP contribution in [0.4, 0.5) is 10.1 Å². The lowest BCUT2D eigenvalue weighted by atomic mass is 9.89. The maximum absolute atomic E-state index is 15.9. The molecule has 1 aromatic heterocycles. The Bertz CT molecular complexity index is 2060. The van der Waals surface area contributed by atoms with Crippen LogP contribution in [0.3, 0.4) is 0 Å². The Morgan fingerprint density at radius 2 is 1.63 bits per heavy atom. The Morgan fingerprint density at radius 1 is 0.889 bits per heavy atom. The fourth-order valence-electron chi connectivity index (χ4n) is 7.98. The summed E-state index contributed by atoms with van der Waals surface area (Å²) in [6.45, 7) is 4.84. The number of carbonyl (C=O) groups is 2. The van der Waals surface area contributed by atoms with Gasteiger partial charge < -0.3 is 34.7 Å². The number of benzene rings is 3. The second kappa shape index (κ2) is 16.2. The summed E-state index contributed by atoms with van der Waals surface area (Å²) in [4.78, 5) is 44.6. The lowest BCUT2D eigenvalue weighted by Crippen LogP contribution is -2.51. The van der Waals surface area contributed by atoms with Crippen molar-refractivity contribution in [3.05, 3.63) is 88.1 Å². The van der Waals surface area contributed by atoms with Crippen molar-refractivity contribution in [3.8, 4) is 22.6 Å². The quantitative estimate of drug-likeness (QED) is 0.222. The average molecular weight is 741 g/mol. The number of carbonyl (C=O) groups excluding carboxylic acids is 2. The molecule has 2 unspecified atom stereocenters. The summed E-state index contributed by atoms with van der Waals surface area (Å²) in [7, 11) is 4.78. The van der Waals surface area contributed by atoms with Gasteiger partial charge in [-0.1, -0.05) is 12.1 Å². The second-order valence-electron chi connectivity index (χ2n) is 14.6. The molecule has 54 heavy (non-hydrogen) atoms. The number of aryl methyl sites for hydroxylation is 1. The molecule has 0 spiro atoms. The van der Waals surface area contributed by atoms with Gasteiger partial charge in [-0.3, -0.25) is 24.2 Å². The monoisotopic (exact) mass is 740 g/mol. The number of pyridine rings is 1. The molecular weight excluding hydrogens is 691 g/mol. The highest BCUT2D eigenvalue weighted by atomic mass is 19.1. The number of ether oxygens (including phenoxy) is 2. The van der Waals surface area contributed by atoms with Gasteiger partial charge in [-0.05, 0) is 98.3 Å². The molecule has 3 saturated heterocycles. The number of rotatable bonds is 10. The van der Waals surface area contributed by atoms with Crippen molar-refractivity contribution in [2.75, 3.05) is 65.3 Å². The molecule has 13 heteroatoms. The Kier molecular flexibility index (Phi) is 11.2. The highest BCUT2D eigenvalue weighted by Gasteiger charge is 2.29. The Morgan fingerprint density at radius 3 is 2.31 bits per heavy atom. The third kappa shape index (κ3) is 8.08. The van der Waals surface area contributed by atoms with Crippen LogP contribution in [-0.2, 0) is 23.2 Å². The van der Waals surface area contributed by atoms with Crippen LogP contribution in [0.5, 0.6) is 11.5 Å². The Hall–Kier alpha value is -4.98. The molecule has 2 atom stereocenters. The number of aromatic nitrogens is 1. The predicted molar refractivity (Wildman–Crippen MR) is 205 cm³/mol. The first-order valence-electron chi connectivity index (χ1n) is 18.7. The van der Waals surface area contributed by atoms with E-state index in [1.807, 2.05) is 23.1 Å². The van der Waals surface area contributed by atoms with Gasteiger partial charge in [0, 0.05) is 73.6 Å². The van der Waals surface area contributed by atoms with Crippen molar-refractivity contribution >= 4 is 28.3 Å². The zero-order valence-electron chi connectivity index (χ0n) is 31.1. The number of halogens is 1. The van der Waals surface area contributed by atoms with E-state index >= 15 is 4.39 Å². The summed E-state index contributed by atoms with van der Waals surface area (Å²) in [6, 6.07) is 16.5. The topological polar surface area (TPSA) is 129 Å². The molecule has 3 N–H and O–H groups in total. The van der Waals surface area contributed by atoms with E-state index in [2.05, 4.69) is 32.6 Å². The lowest BCUT2D eigenvalue weighted by molar-refractivity contribution is -0.134. The average Bonchev–Trinajstić information content (AvgIpc) is 3.18. The van der Waals surface area contributed by atoms with E-state index in [0.29, 0.717) is 97.0 Å². The van der Waals surface area contributed by atoms with Crippen molar-refractivity contribution in [3.63, 3.8) is 0 Å². The number of methoxy groups -OCH3 is 2. The molecular formula is C41H49FN6O6. The SMILES string of the molecule is COc1ccc2c(=O)n(C)cc(-c3cc(F)c(CN4CCN(C(=O)CN5CCC(c6ccc(NC7CCC(O)NC7=O)cc6)CC5)CC4)c(OC)c3)c2c1. The second-order valence-corrected chi connectivity index (χ2v) is 14.6. The van der Waals surface area contributed by atoms with Gasteiger partial charge in [0.25, 0.3) is 5.56 Å². The minimum absolute atomic E-state index is 0.122. The first-order chi connectivity index (χ1) is 26.1. The van der Waals surface area contributed by atoms with Crippen LogP contribution in [0.1, 0.15) is 42.7 Å². The highest BCUT2D eigenvalue weighted by Crippen LogP contribution is 2.35. The molecule has 7 rings (SSSR count). The number of nitrogens with zero attached hydrogens (tertiary/aromatic N) is 4. The normalized spacial score (nSPS) is 20.2. The summed E-state index contributed by atoms with van der Waals surface area (Å²) in [5.41, 5.74) is 3.75. The van der Waals surface area contributed by atoms with Gasteiger partial charge in [-0.15, -0.1) is 0 Å². The van der Waals surface area contributed by atoms with E-state index in [0.717, 1.165) is 31.6 Å². The molecule has 3 aliphatic rings. The van der Waals surface area contributed by atoms with E-state index in [4.69, 9.17) is 9.47 Å². The number of aliphatic hydroxyl groups excluding tert-OH is 1. The van der Waals surface area contributed by atoms with E-state index in [1.54, 1.807) is 38.6 Å². The third-order valence-corrected chi connectivity index (χ3v) is 11.2. The Balaban J connectivity index is 0.906. The number of piperidine rings is 2. The summed E-state index contributed by atoms with van der Waals surface area (Å²) >= 11 is 0.